The molecule has 116 valence electrons. The Labute approximate surface area is 125 Å². The van der Waals surface area contributed by atoms with Gasteiger partial charge in [-0.25, -0.2) is 4.79 Å². The van der Waals surface area contributed by atoms with Crippen LogP contribution < -0.4 is 10.6 Å². The molecule has 0 unspecified atom stereocenters. The van der Waals surface area contributed by atoms with Crippen molar-refractivity contribution >= 4 is 6.03 Å². The first-order valence-electron chi connectivity index (χ1n) is 8.09. The van der Waals surface area contributed by atoms with Gasteiger partial charge in [-0.1, -0.05) is 6.42 Å². The second-order valence-electron chi connectivity index (χ2n) is 6.02. The SMILES string of the molecule is O=C(NCCCn1cccn1)N[C@@H]1CCN2CCCC[C@H]12. The molecule has 2 N–H and O–H groups in total. The van der Waals surface area contributed by atoms with Gasteiger partial charge in [0.2, 0.25) is 0 Å². The molecule has 0 aliphatic carbocycles. The fourth-order valence-corrected chi connectivity index (χ4v) is 3.51. The van der Waals surface area contributed by atoms with Crippen molar-refractivity contribution in [2.45, 2.75) is 50.7 Å². The molecule has 0 radical (unpaired) electrons. The minimum atomic E-state index is -0.0205. The number of carbonyl (C=O) groups is 1. The molecule has 2 amide bonds. The van der Waals surface area contributed by atoms with E-state index in [0.29, 0.717) is 18.6 Å². The molecule has 0 bridgehead atoms. The summed E-state index contributed by atoms with van der Waals surface area (Å²) < 4.78 is 1.89. The Balaban J connectivity index is 1.34. The average Bonchev–Trinajstić information content (AvgIpc) is 3.14. The highest BCUT2D eigenvalue weighted by molar-refractivity contribution is 5.74. The molecular weight excluding hydrogens is 266 g/mol. The average molecular weight is 291 g/mol. The number of aryl methyl sites for hydroxylation is 1. The standard InChI is InChI=1S/C15H25N5O/c21-15(16-7-3-10-20-11-4-8-17-20)18-13-6-12-19-9-2-1-5-14(13)19/h4,8,11,13-14H,1-3,5-7,9-10,12H2,(H2,16,18,21)/t13-,14-/m1/s1. The van der Waals surface area contributed by atoms with Crippen LogP contribution in [-0.4, -0.2) is 52.4 Å². The number of nitrogens with zero attached hydrogens (tertiary/aromatic N) is 3. The van der Waals surface area contributed by atoms with Gasteiger partial charge in [-0.05, 0) is 38.3 Å². The van der Waals surface area contributed by atoms with Gasteiger partial charge in [0.1, 0.15) is 0 Å². The van der Waals surface area contributed by atoms with Crippen LogP contribution >= 0.6 is 0 Å². The molecular formula is C15H25N5O. The highest BCUT2D eigenvalue weighted by Gasteiger charge is 2.36. The number of nitrogens with one attached hydrogen (secondary N) is 2. The van der Waals surface area contributed by atoms with Gasteiger partial charge in [-0.2, -0.15) is 5.10 Å². The van der Waals surface area contributed by atoms with Crippen LogP contribution in [0.4, 0.5) is 4.79 Å². The summed E-state index contributed by atoms with van der Waals surface area (Å²) in [6.45, 7) is 3.86. The second kappa shape index (κ2) is 6.93. The number of aromatic nitrogens is 2. The van der Waals surface area contributed by atoms with E-state index in [0.717, 1.165) is 25.9 Å². The Bertz CT molecular complexity index is 447. The molecule has 2 saturated heterocycles. The third-order valence-electron chi connectivity index (χ3n) is 4.58. The summed E-state index contributed by atoms with van der Waals surface area (Å²) >= 11 is 0. The van der Waals surface area contributed by atoms with Crippen molar-refractivity contribution in [3.63, 3.8) is 0 Å². The molecule has 2 fully saturated rings. The summed E-state index contributed by atoms with van der Waals surface area (Å²) in [6.07, 6.45) is 9.53. The lowest BCUT2D eigenvalue weighted by Crippen LogP contribution is -2.49. The van der Waals surface area contributed by atoms with Gasteiger partial charge in [-0.3, -0.25) is 9.58 Å². The molecule has 2 aliphatic rings. The quantitative estimate of drug-likeness (QED) is 0.801. The number of hydrogen-bond donors (Lipinski definition) is 2. The zero-order valence-electron chi connectivity index (χ0n) is 12.5. The monoisotopic (exact) mass is 291 g/mol. The van der Waals surface area contributed by atoms with Gasteiger partial charge in [0.15, 0.2) is 0 Å². The van der Waals surface area contributed by atoms with E-state index in [1.807, 2.05) is 16.9 Å². The largest absolute Gasteiger partial charge is 0.338 e. The highest BCUT2D eigenvalue weighted by atomic mass is 16.2. The Morgan fingerprint density at radius 1 is 1.29 bits per heavy atom. The predicted molar refractivity (Wildman–Crippen MR) is 81.0 cm³/mol. The lowest BCUT2D eigenvalue weighted by molar-refractivity contribution is 0.179. The third kappa shape index (κ3) is 3.75. The van der Waals surface area contributed by atoms with Crippen molar-refractivity contribution in [1.29, 1.82) is 0 Å². The van der Waals surface area contributed by atoms with E-state index in [9.17, 15) is 4.79 Å². The summed E-state index contributed by atoms with van der Waals surface area (Å²) in [5.41, 5.74) is 0. The Kier molecular flexibility index (Phi) is 4.75. The normalized spacial score (nSPS) is 25.5. The van der Waals surface area contributed by atoms with E-state index in [1.165, 1.54) is 25.8 Å². The zero-order valence-corrected chi connectivity index (χ0v) is 12.5. The predicted octanol–water partition coefficient (Wildman–Crippen LogP) is 1.20. The fourth-order valence-electron chi connectivity index (χ4n) is 3.51. The van der Waals surface area contributed by atoms with E-state index in [-0.39, 0.29) is 6.03 Å². The Hall–Kier alpha value is -1.56. The van der Waals surface area contributed by atoms with E-state index < -0.39 is 0 Å². The molecule has 0 saturated carbocycles. The first-order chi connectivity index (χ1) is 10.3. The van der Waals surface area contributed by atoms with Crippen LogP contribution in [0.1, 0.15) is 32.1 Å². The molecule has 2 aliphatic heterocycles. The minimum Gasteiger partial charge on any atom is -0.338 e. The van der Waals surface area contributed by atoms with Crippen LogP contribution in [0, 0.1) is 0 Å². The minimum absolute atomic E-state index is 0.0205. The fraction of sp³-hybridized carbons (Fsp3) is 0.733. The van der Waals surface area contributed by atoms with E-state index in [1.54, 1.807) is 6.20 Å². The van der Waals surface area contributed by atoms with Crippen LogP contribution in [-0.2, 0) is 6.54 Å². The van der Waals surface area contributed by atoms with E-state index >= 15 is 0 Å². The molecule has 21 heavy (non-hydrogen) atoms. The summed E-state index contributed by atoms with van der Waals surface area (Å²) in [7, 11) is 0. The highest BCUT2D eigenvalue weighted by Crippen LogP contribution is 2.26. The van der Waals surface area contributed by atoms with Gasteiger partial charge >= 0.3 is 6.03 Å². The van der Waals surface area contributed by atoms with Crippen molar-refractivity contribution in [1.82, 2.24) is 25.3 Å². The molecule has 3 heterocycles. The van der Waals surface area contributed by atoms with Gasteiger partial charge in [0, 0.05) is 44.1 Å². The van der Waals surface area contributed by atoms with Crippen LogP contribution in [0.5, 0.6) is 0 Å². The zero-order chi connectivity index (χ0) is 14.5. The molecule has 6 nitrogen and oxygen atoms in total. The molecule has 0 spiro atoms. The van der Waals surface area contributed by atoms with Gasteiger partial charge in [0.25, 0.3) is 0 Å². The first kappa shape index (κ1) is 14.4. The van der Waals surface area contributed by atoms with E-state index in [4.69, 9.17) is 0 Å². The Morgan fingerprint density at radius 2 is 2.24 bits per heavy atom. The van der Waals surface area contributed by atoms with Gasteiger partial charge in [-0.15, -0.1) is 0 Å². The maximum atomic E-state index is 12.0. The van der Waals surface area contributed by atoms with Crippen LogP contribution in [0.2, 0.25) is 0 Å². The molecule has 2 atom stereocenters. The summed E-state index contributed by atoms with van der Waals surface area (Å²) in [6, 6.07) is 2.79. The van der Waals surface area contributed by atoms with Crippen molar-refractivity contribution in [2.75, 3.05) is 19.6 Å². The number of rotatable bonds is 5. The molecule has 1 aromatic rings. The maximum absolute atomic E-state index is 12.0. The molecule has 0 aromatic carbocycles. The lowest BCUT2D eigenvalue weighted by atomic mass is 9.99. The summed E-state index contributed by atoms with van der Waals surface area (Å²) in [5, 5.41) is 10.3. The van der Waals surface area contributed by atoms with Crippen LogP contribution in [0.15, 0.2) is 18.5 Å². The Morgan fingerprint density at radius 3 is 3.10 bits per heavy atom. The van der Waals surface area contributed by atoms with Crippen molar-refractivity contribution in [3.05, 3.63) is 18.5 Å². The third-order valence-corrected chi connectivity index (χ3v) is 4.58. The lowest BCUT2D eigenvalue weighted by Gasteiger charge is -2.32. The topological polar surface area (TPSA) is 62.2 Å². The number of fused-ring (bicyclic) bond motifs is 1. The number of urea groups is 1. The van der Waals surface area contributed by atoms with E-state index in [2.05, 4.69) is 20.6 Å². The molecule has 3 rings (SSSR count). The van der Waals surface area contributed by atoms with Crippen molar-refractivity contribution in [2.24, 2.45) is 0 Å². The number of carbonyl (C=O) groups excluding carboxylic acids is 1. The number of amides is 2. The summed E-state index contributed by atoms with van der Waals surface area (Å²) in [4.78, 5) is 14.5. The molecule has 6 heteroatoms. The van der Waals surface area contributed by atoms with Crippen molar-refractivity contribution in [3.8, 4) is 0 Å². The number of hydrogen-bond acceptors (Lipinski definition) is 3. The summed E-state index contributed by atoms with van der Waals surface area (Å²) in [5.74, 6) is 0. The second-order valence-corrected chi connectivity index (χ2v) is 6.02. The van der Waals surface area contributed by atoms with Gasteiger partial charge < -0.3 is 10.6 Å². The van der Waals surface area contributed by atoms with Crippen LogP contribution in [0.25, 0.3) is 0 Å². The molecule has 1 aromatic heterocycles. The van der Waals surface area contributed by atoms with Crippen molar-refractivity contribution < 1.29 is 4.79 Å². The van der Waals surface area contributed by atoms with Gasteiger partial charge in [0.05, 0.1) is 0 Å². The van der Waals surface area contributed by atoms with Crippen LogP contribution in [0.3, 0.4) is 0 Å². The first-order valence-corrected chi connectivity index (χ1v) is 8.09. The number of piperidine rings is 1. The smallest absolute Gasteiger partial charge is 0.315 e. The maximum Gasteiger partial charge on any atom is 0.315 e.